The van der Waals surface area contributed by atoms with E-state index >= 15 is 0 Å². The molecule has 2 aliphatic rings. The molecule has 1 N–H and O–H groups in total. The molecule has 7 rings (SSSR count). The largest absolute Gasteiger partial charge is 0.380 e. The third-order valence-electron chi connectivity index (χ3n) is 7.57. The minimum Gasteiger partial charge on any atom is -0.380 e. The Morgan fingerprint density at radius 2 is 1.90 bits per heavy atom. The maximum absolute atomic E-state index is 14.9. The Morgan fingerprint density at radius 3 is 2.68 bits per heavy atom. The second kappa shape index (κ2) is 10.6. The summed E-state index contributed by atoms with van der Waals surface area (Å²) in [6, 6.07) is 12.0. The van der Waals surface area contributed by atoms with Crippen LogP contribution >= 0.6 is 0 Å². The van der Waals surface area contributed by atoms with E-state index in [4.69, 9.17) is 9.72 Å². The van der Waals surface area contributed by atoms with E-state index in [0.717, 1.165) is 48.4 Å². The molecule has 0 bridgehead atoms. The normalized spacial score (nSPS) is 16.9. The molecule has 1 aromatic carbocycles. The van der Waals surface area contributed by atoms with Crippen molar-refractivity contribution in [1.29, 1.82) is 0 Å². The molecule has 1 saturated carbocycles. The molecular formula is C30H28F2N8O. The fourth-order valence-electron chi connectivity index (χ4n) is 5.18. The Labute approximate surface area is 235 Å². The average Bonchev–Trinajstić information content (AvgIpc) is 3.32. The topological polar surface area (TPSA) is 95.6 Å². The predicted octanol–water partition coefficient (Wildman–Crippen LogP) is 4.83. The van der Waals surface area contributed by atoms with Crippen molar-refractivity contribution in [2.75, 3.05) is 13.2 Å². The van der Waals surface area contributed by atoms with Gasteiger partial charge in [0.25, 0.3) is 0 Å². The fraction of sp³-hybridized carbons (Fsp3) is 0.300. The van der Waals surface area contributed by atoms with Crippen molar-refractivity contribution in [1.82, 2.24) is 39.8 Å². The molecule has 0 spiro atoms. The van der Waals surface area contributed by atoms with E-state index in [0.29, 0.717) is 41.8 Å². The van der Waals surface area contributed by atoms with Crippen LogP contribution in [0.4, 0.5) is 8.78 Å². The molecule has 208 valence electrons. The van der Waals surface area contributed by atoms with Crippen LogP contribution in [0.25, 0.3) is 39.6 Å². The van der Waals surface area contributed by atoms with Crippen LogP contribution in [-0.4, -0.2) is 53.8 Å². The number of rotatable bonds is 8. The van der Waals surface area contributed by atoms with Crippen molar-refractivity contribution >= 4 is 0 Å². The molecule has 1 aliphatic carbocycles. The van der Waals surface area contributed by atoms with Gasteiger partial charge < -0.3 is 14.6 Å². The maximum Gasteiger partial charge on any atom is 0.164 e. The summed E-state index contributed by atoms with van der Waals surface area (Å²) in [7, 11) is 1.82. The van der Waals surface area contributed by atoms with E-state index in [-0.39, 0.29) is 17.6 Å². The van der Waals surface area contributed by atoms with Gasteiger partial charge in [0.2, 0.25) is 0 Å². The summed E-state index contributed by atoms with van der Waals surface area (Å²) in [4.78, 5) is 9.48. The third-order valence-corrected chi connectivity index (χ3v) is 7.57. The van der Waals surface area contributed by atoms with Crippen LogP contribution in [0.5, 0.6) is 0 Å². The van der Waals surface area contributed by atoms with Gasteiger partial charge in [0.05, 0.1) is 18.5 Å². The Balaban J connectivity index is 1.24. The first-order valence-electron chi connectivity index (χ1n) is 13.7. The van der Waals surface area contributed by atoms with E-state index in [1.807, 2.05) is 19.2 Å². The molecular weight excluding hydrogens is 526 g/mol. The number of ether oxygens (including phenoxy) is 1. The third kappa shape index (κ3) is 5.25. The van der Waals surface area contributed by atoms with Gasteiger partial charge in [-0.1, -0.05) is 6.07 Å². The van der Waals surface area contributed by atoms with Crippen LogP contribution < -0.4 is 5.32 Å². The van der Waals surface area contributed by atoms with Crippen LogP contribution in [0.15, 0.2) is 61.2 Å². The summed E-state index contributed by atoms with van der Waals surface area (Å²) in [5, 5.41) is 16.1. The molecule has 0 radical (unpaired) electrons. The van der Waals surface area contributed by atoms with Crippen LogP contribution in [0.1, 0.15) is 36.6 Å². The number of aryl methyl sites for hydroxylation is 1. The van der Waals surface area contributed by atoms with Gasteiger partial charge in [-0.25, -0.2) is 23.4 Å². The zero-order valence-corrected chi connectivity index (χ0v) is 22.5. The molecule has 1 unspecified atom stereocenters. The second-order valence-electron chi connectivity index (χ2n) is 10.6. The molecule has 1 atom stereocenters. The Hall–Kier alpha value is -4.35. The van der Waals surface area contributed by atoms with Crippen LogP contribution in [-0.2, 0) is 18.3 Å². The number of nitrogens with one attached hydrogen (secondary N) is 1. The van der Waals surface area contributed by atoms with Gasteiger partial charge in [-0.2, -0.15) is 5.10 Å². The summed E-state index contributed by atoms with van der Waals surface area (Å²) >= 11 is 0. The van der Waals surface area contributed by atoms with Crippen LogP contribution in [0, 0.1) is 11.6 Å². The first kappa shape index (κ1) is 25.6. The Bertz CT molecular complexity index is 1720. The fourth-order valence-corrected chi connectivity index (χ4v) is 5.18. The van der Waals surface area contributed by atoms with Crippen molar-refractivity contribution in [3.8, 4) is 39.6 Å². The minimum absolute atomic E-state index is 0.236. The molecule has 5 heterocycles. The van der Waals surface area contributed by atoms with E-state index < -0.39 is 5.82 Å². The summed E-state index contributed by atoms with van der Waals surface area (Å²) in [5.74, 6) is 0.726. The zero-order valence-electron chi connectivity index (χ0n) is 22.5. The highest BCUT2D eigenvalue weighted by molar-refractivity contribution is 5.81. The van der Waals surface area contributed by atoms with Crippen molar-refractivity contribution in [3.63, 3.8) is 0 Å². The number of hydrogen-bond acceptors (Lipinski definition) is 7. The first-order valence-corrected chi connectivity index (χ1v) is 13.7. The van der Waals surface area contributed by atoms with Gasteiger partial charge in [-0.3, -0.25) is 0 Å². The van der Waals surface area contributed by atoms with Crippen molar-refractivity contribution in [2.45, 2.75) is 37.8 Å². The van der Waals surface area contributed by atoms with Gasteiger partial charge in [-0.15, -0.1) is 10.2 Å². The highest BCUT2D eigenvalue weighted by Gasteiger charge is 2.27. The lowest BCUT2D eigenvalue weighted by Crippen LogP contribution is -2.28. The predicted molar refractivity (Wildman–Crippen MR) is 148 cm³/mol. The number of hydrogen-bond donors (Lipinski definition) is 1. The van der Waals surface area contributed by atoms with Crippen LogP contribution in [0.3, 0.4) is 0 Å². The lowest BCUT2D eigenvalue weighted by Gasteiger charge is -2.13. The minimum atomic E-state index is -0.419. The van der Waals surface area contributed by atoms with Gasteiger partial charge in [0.15, 0.2) is 11.6 Å². The molecule has 11 heteroatoms. The number of aromatic nitrogens is 7. The molecule has 0 amide bonds. The molecule has 1 aliphatic heterocycles. The molecule has 9 nitrogen and oxygen atoms in total. The number of halogens is 2. The lowest BCUT2D eigenvalue weighted by atomic mass is 9.98. The first-order chi connectivity index (χ1) is 20.0. The number of pyridine rings is 2. The molecule has 5 aromatic rings. The Morgan fingerprint density at radius 1 is 1.00 bits per heavy atom. The maximum atomic E-state index is 14.9. The standard InChI is InChI=1S/C30H28F2N8O/c1-39-17-34-38-30(39)25-12-21(31)4-6-24(25)19-10-27(18-2-3-18)37-28(11-19)40-15-20(13-35-40)29-26(32)7-5-22(36-29)14-33-23-8-9-41-16-23/h4-7,10-13,15,17-18,23,33H,2-3,8-9,14,16H2,1H3. The highest BCUT2D eigenvalue weighted by atomic mass is 19.1. The average molecular weight is 555 g/mol. The smallest absolute Gasteiger partial charge is 0.164 e. The van der Waals surface area contributed by atoms with Gasteiger partial charge >= 0.3 is 0 Å². The zero-order chi connectivity index (χ0) is 27.9. The van der Waals surface area contributed by atoms with E-state index in [9.17, 15) is 8.78 Å². The van der Waals surface area contributed by atoms with Crippen molar-refractivity contribution in [3.05, 3.63) is 84.2 Å². The summed E-state index contributed by atoms with van der Waals surface area (Å²) < 4.78 is 38.1. The van der Waals surface area contributed by atoms with Gasteiger partial charge in [0, 0.05) is 55.2 Å². The molecule has 2 fully saturated rings. The van der Waals surface area contributed by atoms with E-state index in [1.54, 1.807) is 40.1 Å². The van der Waals surface area contributed by atoms with Gasteiger partial charge in [-0.05, 0) is 66.8 Å². The lowest BCUT2D eigenvalue weighted by molar-refractivity contribution is 0.189. The van der Waals surface area contributed by atoms with Gasteiger partial charge in [0.1, 0.15) is 23.7 Å². The summed E-state index contributed by atoms with van der Waals surface area (Å²) in [6.07, 6.45) is 8.00. The number of benzene rings is 1. The summed E-state index contributed by atoms with van der Waals surface area (Å²) in [6.45, 7) is 1.95. The van der Waals surface area contributed by atoms with E-state index in [2.05, 4.69) is 25.6 Å². The van der Waals surface area contributed by atoms with E-state index in [1.165, 1.54) is 18.2 Å². The SMILES string of the molecule is Cn1cnnc1-c1cc(F)ccc1-c1cc(C2CC2)nc(-n2cc(-c3nc(CNC4CCOC4)ccc3F)cn2)c1. The molecule has 4 aromatic heterocycles. The Kier molecular flexibility index (Phi) is 6.60. The van der Waals surface area contributed by atoms with Crippen molar-refractivity contribution < 1.29 is 13.5 Å². The van der Waals surface area contributed by atoms with Crippen molar-refractivity contribution in [2.24, 2.45) is 7.05 Å². The van der Waals surface area contributed by atoms with Crippen LogP contribution in [0.2, 0.25) is 0 Å². The molecule has 41 heavy (non-hydrogen) atoms. The molecule has 1 saturated heterocycles. The second-order valence-corrected chi connectivity index (χ2v) is 10.6. The highest BCUT2D eigenvalue weighted by Crippen LogP contribution is 2.42. The quantitative estimate of drug-likeness (QED) is 0.294. The monoisotopic (exact) mass is 554 g/mol. The number of nitrogens with zero attached hydrogens (tertiary/aromatic N) is 7. The summed E-state index contributed by atoms with van der Waals surface area (Å²) in [5.41, 5.74) is 4.77.